The standard InChI is InChI=1S/C15H15N5O/c1-3-9-19-15(21)20-11(2)10-13(17-14(20)18-19)16-12-7-5-4-6-8-12/h3-8,10H,1,9H2,2H3,(H,16,17,18). The Bertz CT molecular complexity index is 848. The van der Waals surface area contributed by atoms with Crippen LogP contribution in [-0.4, -0.2) is 19.2 Å². The molecule has 0 radical (unpaired) electrons. The number of benzene rings is 1. The molecule has 0 aliphatic carbocycles. The van der Waals surface area contributed by atoms with Gasteiger partial charge < -0.3 is 5.32 Å². The van der Waals surface area contributed by atoms with Crippen LogP contribution in [0.2, 0.25) is 0 Å². The molecule has 0 aliphatic heterocycles. The predicted octanol–water partition coefficient (Wildman–Crippen LogP) is 2.13. The maximum absolute atomic E-state index is 12.2. The van der Waals surface area contributed by atoms with Gasteiger partial charge in [0.2, 0.25) is 0 Å². The van der Waals surface area contributed by atoms with Crippen LogP contribution in [0.3, 0.4) is 0 Å². The van der Waals surface area contributed by atoms with Gasteiger partial charge in [0.1, 0.15) is 5.82 Å². The molecule has 0 atom stereocenters. The molecule has 0 aliphatic rings. The molecule has 1 N–H and O–H groups in total. The van der Waals surface area contributed by atoms with Crippen LogP contribution in [-0.2, 0) is 6.54 Å². The molecule has 21 heavy (non-hydrogen) atoms. The second-order valence-electron chi connectivity index (χ2n) is 4.66. The number of fused-ring (bicyclic) bond motifs is 1. The highest BCUT2D eigenvalue weighted by atomic mass is 16.2. The van der Waals surface area contributed by atoms with E-state index in [1.807, 2.05) is 43.3 Å². The van der Waals surface area contributed by atoms with E-state index in [1.165, 1.54) is 9.08 Å². The predicted molar refractivity (Wildman–Crippen MR) is 81.9 cm³/mol. The lowest BCUT2D eigenvalue weighted by molar-refractivity contribution is 0.671. The Balaban J connectivity index is 2.06. The highest BCUT2D eigenvalue weighted by Gasteiger charge is 2.10. The quantitative estimate of drug-likeness (QED) is 0.744. The SMILES string of the molecule is C=CCn1nc2nc(Nc3ccccc3)cc(C)n2c1=O. The molecule has 0 bridgehead atoms. The van der Waals surface area contributed by atoms with Crippen LogP contribution in [0.1, 0.15) is 5.69 Å². The number of anilines is 2. The lowest BCUT2D eigenvalue weighted by atomic mass is 10.3. The molecule has 1 aromatic carbocycles. The summed E-state index contributed by atoms with van der Waals surface area (Å²) in [5, 5.41) is 7.41. The fourth-order valence-electron chi connectivity index (χ4n) is 2.15. The summed E-state index contributed by atoms with van der Waals surface area (Å²) in [4.78, 5) is 16.5. The van der Waals surface area contributed by atoms with Crippen molar-refractivity contribution in [3.8, 4) is 0 Å². The molecule has 2 heterocycles. The molecule has 0 fully saturated rings. The number of nitrogens with one attached hydrogen (secondary N) is 1. The van der Waals surface area contributed by atoms with E-state index in [1.54, 1.807) is 6.08 Å². The fraction of sp³-hybridized carbons (Fsp3) is 0.133. The number of para-hydroxylation sites is 1. The zero-order valence-corrected chi connectivity index (χ0v) is 11.7. The lowest BCUT2D eigenvalue weighted by Crippen LogP contribution is -2.21. The van der Waals surface area contributed by atoms with Gasteiger partial charge in [0.05, 0.1) is 6.54 Å². The van der Waals surface area contributed by atoms with Crippen LogP contribution in [0.25, 0.3) is 5.78 Å². The summed E-state index contributed by atoms with van der Waals surface area (Å²) < 4.78 is 2.83. The molecule has 0 unspecified atom stereocenters. The topological polar surface area (TPSA) is 64.2 Å². The molecule has 2 aromatic heterocycles. The summed E-state index contributed by atoms with van der Waals surface area (Å²) in [6.07, 6.45) is 1.63. The van der Waals surface area contributed by atoms with Crippen molar-refractivity contribution >= 4 is 17.3 Å². The summed E-state index contributed by atoms with van der Waals surface area (Å²) in [6.45, 7) is 5.84. The summed E-state index contributed by atoms with van der Waals surface area (Å²) in [5.74, 6) is 1.03. The van der Waals surface area contributed by atoms with E-state index < -0.39 is 0 Å². The van der Waals surface area contributed by atoms with Crippen LogP contribution in [0.5, 0.6) is 0 Å². The number of nitrogens with zero attached hydrogens (tertiary/aromatic N) is 4. The fourth-order valence-corrected chi connectivity index (χ4v) is 2.15. The van der Waals surface area contributed by atoms with Crippen molar-refractivity contribution in [1.82, 2.24) is 19.2 Å². The monoisotopic (exact) mass is 281 g/mol. The molecule has 106 valence electrons. The van der Waals surface area contributed by atoms with Crippen LogP contribution in [0.15, 0.2) is 53.8 Å². The van der Waals surface area contributed by atoms with Gasteiger partial charge in [-0.05, 0) is 19.1 Å². The third-order valence-electron chi connectivity index (χ3n) is 3.09. The van der Waals surface area contributed by atoms with Gasteiger partial charge in [0.15, 0.2) is 0 Å². The highest BCUT2D eigenvalue weighted by molar-refractivity contribution is 5.57. The van der Waals surface area contributed by atoms with Gasteiger partial charge in [-0.3, -0.25) is 0 Å². The Kier molecular flexibility index (Phi) is 3.27. The summed E-state index contributed by atoms with van der Waals surface area (Å²) >= 11 is 0. The summed E-state index contributed by atoms with van der Waals surface area (Å²) in [7, 11) is 0. The van der Waals surface area contributed by atoms with E-state index in [2.05, 4.69) is 22.0 Å². The van der Waals surface area contributed by atoms with Crippen molar-refractivity contribution in [3.05, 3.63) is 65.2 Å². The van der Waals surface area contributed by atoms with E-state index in [9.17, 15) is 4.79 Å². The zero-order valence-electron chi connectivity index (χ0n) is 11.7. The van der Waals surface area contributed by atoms with Crippen molar-refractivity contribution in [2.75, 3.05) is 5.32 Å². The Morgan fingerprint density at radius 3 is 2.81 bits per heavy atom. The number of rotatable bonds is 4. The molecule has 0 saturated heterocycles. The third-order valence-corrected chi connectivity index (χ3v) is 3.09. The van der Waals surface area contributed by atoms with Gasteiger partial charge in [-0.1, -0.05) is 24.3 Å². The summed E-state index contributed by atoms with van der Waals surface area (Å²) in [6, 6.07) is 11.5. The Labute approximate surface area is 121 Å². The van der Waals surface area contributed by atoms with Crippen molar-refractivity contribution in [1.29, 1.82) is 0 Å². The molecule has 0 saturated carbocycles. The van der Waals surface area contributed by atoms with E-state index in [0.717, 1.165) is 11.4 Å². The number of aryl methyl sites for hydroxylation is 1. The van der Waals surface area contributed by atoms with Crippen molar-refractivity contribution < 1.29 is 0 Å². The zero-order chi connectivity index (χ0) is 14.8. The van der Waals surface area contributed by atoms with Gasteiger partial charge >= 0.3 is 5.69 Å². The van der Waals surface area contributed by atoms with E-state index in [4.69, 9.17) is 0 Å². The van der Waals surface area contributed by atoms with Gasteiger partial charge in [-0.15, -0.1) is 11.7 Å². The Hall–Kier alpha value is -2.89. The minimum Gasteiger partial charge on any atom is -0.340 e. The van der Waals surface area contributed by atoms with Crippen molar-refractivity contribution in [2.24, 2.45) is 0 Å². The van der Waals surface area contributed by atoms with E-state index in [0.29, 0.717) is 18.1 Å². The molecule has 3 rings (SSSR count). The third kappa shape index (κ3) is 2.43. The molecule has 0 amide bonds. The van der Waals surface area contributed by atoms with Gasteiger partial charge in [0, 0.05) is 17.4 Å². The number of allylic oxidation sites excluding steroid dienone is 1. The molecular formula is C15H15N5O. The smallest absolute Gasteiger partial charge is 0.340 e. The van der Waals surface area contributed by atoms with Crippen LogP contribution in [0, 0.1) is 6.92 Å². The molecular weight excluding hydrogens is 266 g/mol. The number of hydrogen-bond acceptors (Lipinski definition) is 4. The Morgan fingerprint density at radius 1 is 1.33 bits per heavy atom. The first-order chi connectivity index (χ1) is 10.2. The second kappa shape index (κ2) is 5.24. The van der Waals surface area contributed by atoms with Crippen molar-refractivity contribution in [3.63, 3.8) is 0 Å². The van der Waals surface area contributed by atoms with E-state index in [-0.39, 0.29) is 5.69 Å². The first kappa shape index (κ1) is 13.1. The minimum absolute atomic E-state index is 0.207. The molecule has 6 nitrogen and oxygen atoms in total. The first-order valence-corrected chi connectivity index (χ1v) is 6.59. The van der Waals surface area contributed by atoms with Crippen LogP contribution >= 0.6 is 0 Å². The van der Waals surface area contributed by atoms with Crippen LogP contribution in [0.4, 0.5) is 11.5 Å². The average molecular weight is 281 g/mol. The van der Waals surface area contributed by atoms with Gasteiger partial charge in [-0.25, -0.2) is 13.9 Å². The molecule has 3 aromatic rings. The van der Waals surface area contributed by atoms with Crippen molar-refractivity contribution in [2.45, 2.75) is 13.5 Å². The van der Waals surface area contributed by atoms with Crippen LogP contribution < -0.4 is 11.0 Å². The van der Waals surface area contributed by atoms with Gasteiger partial charge in [0.25, 0.3) is 5.78 Å². The molecule has 6 heteroatoms. The maximum atomic E-state index is 12.2. The summed E-state index contributed by atoms with van der Waals surface area (Å²) in [5.41, 5.74) is 1.50. The highest BCUT2D eigenvalue weighted by Crippen LogP contribution is 2.15. The molecule has 0 spiro atoms. The lowest BCUT2D eigenvalue weighted by Gasteiger charge is -2.06. The normalized spacial score (nSPS) is 10.7. The van der Waals surface area contributed by atoms with Gasteiger partial charge in [-0.2, -0.15) is 4.98 Å². The first-order valence-electron chi connectivity index (χ1n) is 6.59. The van der Waals surface area contributed by atoms with E-state index >= 15 is 0 Å². The Morgan fingerprint density at radius 2 is 2.10 bits per heavy atom. The largest absolute Gasteiger partial charge is 0.352 e. The number of aromatic nitrogens is 4. The minimum atomic E-state index is -0.207. The maximum Gasteiger partial charge on any atom is 0.352 e. The number of hydrogen-bond donors (Lipinski definition) is 1. The average Bonchev–Trinajstić information content (AvgIpc) is 2.77. The second-order valence-corrected chi connectivity index (χ2v) is 4.66.